The van der Waals surface area contributed by atoms with E-state index in [0.717, 1.165) is 17.1 Å². The van der Waals surface area contributed by atoms with Crippen molar-refractivity contribution < 1.29 is 4.74 Å². The van der Waals surface area contributed by atoms with E-state index in [2.05, 4.69) is 38.1 Å². The summed E-state index contributed by atoms with van der Waals surface area (Å²) in [5.41, 5.74) is 3.64. The molecule has 0 saturated carbocycles. The Morgan fingerprint density at radius 2 is 1.86 bits per heavy atom. The first-order valence-corrected chi connectivity index (χ1v) is 7.96. The normalized spacial score (nSPS) is 10.1. The first-order valence-electron chi connectivity index (χ1n) is 6.98. The van der Waals surface area contributed by atoms with Crippen LogP contribution in [0.1, 0.15) is 16.7 Å². The predicted molar refractivity (Wildman–Crippen MR) is 87.9 cm³/mol. The lowest BCUT2D eigenvalue weighted by atomic mass is 10.2. The summed E-state index contributed by atoms with van der Waals surface area (Å²) in [5, 5.41) is 8.63. The van der Waals surface area contributed by atoms with Gasteiger partial charge in [0.05, 0.1) is 19.1 Å². The molecule has 0 saturated heterocycles. The molecule has 0 radical (unpaired) electrons. The monoisotopic (exact) mass is 297 g/mol. The summed E-state index contributed by atoms with van der Waals surface area (Å²) in [6.45, 7) is 4.93. The number of thioether (sulfide) groups is 1. The minimum Gasteiger partial charge on any atom is -0.493 e. The van der Waals surface area contributed by atoms with Gasteiger partial charge in [-0.2, -0.15) is 5.26 Å². The molecule has 0 aliphatic heterocycles. The van der Waals surface area contributed by atoms with Gasteiger partial charge in [-0.3, -0.25) is 0 Å². The van der Waals surface area contributed by atoms with Crippen LogP contribution in [0.15, 0.2) is 47.4 Å². The van der Waals surface area contributed by atoms with Gasteiger partial charge in [0, 0.05) is 10.6 Å². The molecule has 3 heteroatoms. The molecule has 0 heterocycles. The zero-order valence-corrected chi connectivity index (χ0v) is 13.2. The van der Waals surface area contributed by atoms with Gasteiger partial charge in [0.1, 0.15) is 5.75 Å². The molecule has 0 bridgehead atoms. The van der Waals surface area contributed by atoms with E-state index in [9.17, 15) is 0 Å². The van der Waals surface area contributed by atoms with E-state index in [1.54, 1.807) is 0 Å². The molecular formula is C18H19NOS. The van der Waals surface area contributed by atoms with Crippen LogP contribution in [-0.2, 0) is 6.42 Å². The predicted octanol–water partition coefficient (Wildman–Crippen LogP) is 4.54. The maximum atomic E-state index is 8.63. The molecule has 108 valence electrons. The van der Waals surface area contributed by atoms with Crippen LogP contribution in [0.3, 0.4) is 0 Å². The second-order valence-corrected chi connectivity index (χ2v) is 6.08. The first-order chi connectivity index (χ1) is 10.2. The van der Waals surface area contributed by atoms with Crippen molar-refractivity contribution in [3.05, 3.63) is 59.2 Å². The third kappa shape index (κ3) is 4.84. The summed E-state index contributed by atoms with van der Waals surface area (Å²) in [5.74, 6) is 1.78. The Kier molecular flexibility index (Phi) is 5.71. The molecule has 2 nitrogen and oxygen atoms in total. The minimum atomic E-state index is 0.447. The minimum absolute atomic E-state index is 0.447. The highest BCUT2D eigenvalue weighted by Gasteiger charge is 2.00. The number of nitrogens with zero attached hydrogens (tertiary/aromatic N) is 1. The lowest BCUT2D eigenvalue weighted by Gasteiger charge is -2.08. The van der Waals surface area contributed by atoms with E-state index >= 15 is 0 Å². The van der Waals surface area contributed by atoms with Gasteiger partial charge >= 0.3 is 0 Å². The van der Waals surface area contributed by atoms with E-state index in [0.29, 0.717) is 13.0 Å². The zero-order chi connectivity index (χ0) is 15.1. The number of hydrogen-bond acceptors (Lipinski definition) is 3. The first kappa shape index (κ1) is 15.5. The van der Waals surface area contributed by atoms with Crippen LogP contribution < -0.4 is 4.74 Å². The van der Waals surface area contributed by atoms with Gasteiger partial charge in [0.15, 0.2) is 0 Å². The molecule has 0 fully saturated rings. The molecule has 0 N–H and O–H groups in total. The summed E-state index contributed by atoms with van der Waals surface area (Å²) < 4.78 is 5.72. The van der Waals surface area contributed by atoms with Crippen molar-refractivity contribution >= 4 is 11.8 Å². The van der Waals surface area contributed by atoms with Crippen molar-refractivity contribution in [2.75, 3.05) is 12.4 Å². The van der Waals surface area contributed by atoms with E-state index in [1.807, 2.05) is 36.0 Å². The standard InChI is InChI=1S/C18H19NOS/c1-14-3-8-18(15(2)13-14)21-12-11-20-17-6-4-16(5-7-17)9-10-19/h3-8,13H,9,11-12H2,1-2H3. The quantitative estimate of drug-likeness (QED) is 0.579. The van der Waals surface area contributed by atoms with Crippen LogP contribution >= 0.6 is 11.8 Å². The molecule has 0 unspecified atom stereocenters. The van der Waals surface area contributed by atoms with Crippen molar-refractivity contribution in [2.24, 2.45) is 0 Å². The Hall–Kier alpha value is -1.92. The van der Waals surface area contributed by atoms with Crippen molar-refractivity contribution in [3.63, 3.8) is 0 Å². The topological polar surface area (TPSA) is 33.0 Å². The fourth-order valence-corrected chi connectivity index (χ4v) is 2.90. The number of hydrogen-bond donors (Lipinski definition) is 0. The van der Waals surface area contributed by atoms with E-state index < -0.39 is 0 Å². The lowest BCUT2D eigenvalue weighted by molar-refractivity contribution is 0.344. The van der Waals surface area contributed by atoms with E-state index in [4.69, 9.17) is 10.00 Å². The molecule has 0 aliphatic rings. The highest BCUT2D eigenvalue weighted by molar-refractivity contribution is 7.99. The van der Waals surface area contributed by atoms with Gasteiger partial charge in [-0.1, -0.05) is 29.8 Å². The second-order valence-electron chi connectivity index (χ2n) is 4.94. The van der Waals surface area contributed by atoms with Crippen LogP contribution in [0.4, 0.5) is 0 Å². The molecule has 0 aromatic heterocycles. The van der Waals surface area contributed by atoms with Crippen LogP contribution in [-0.4, -0.2) is 12.4 Å². The maximum absolute atomic E-state index is 8.63. The van der Waals surface area contributed by atoms with Gasteiger partial charge < -0.3 is 4.74 Å². The molecule has 2 aromatic rings. The van der Waals surface area contributed by atoms with Gasteiger partial charge in [0.25, 0.3) is 0 Å². The van der Waals surface area contributed by atoms with Crippen LogP contribution in [0.5, 0.6) is 5.75 Å². The summed E-state index contributed by atoms with van der Waals surface area (Å²) in [6.07, 6.45) is 0.447. The van der Waals surface area contributed by atoms with Crippen molar-refractivity contribution in [3.8, 4) is 11.8 Å². The molecule has 21 heavy (non-hydrogen) atoms. The van der Waals surface area contributed by atoms with Gasteiger partial charge in [-0.05, 0) is 43.2 Å². The fraction of sp³-hybridized carbons (Fsp3) is 0.278. The molecule has 0 atom stereocenters. The van der Waals surface area contributed by atoms with Crippen LogP contribution in [0.2, 0.25) is 0 Å². The summed E-state index contributed by atoms with van der Waals surface area (Å²) in [6, 6.07) is 16.4. The van der Waals surface area contributed by atoms with E-state index in [1.165, 1.54) is 16.0 Å². The Morgan fingerprint density at radius 3 is 2.52 bits per heavy atom. The summed E-state index contributed by atoms with van der Waals surface area (Å²) in [4.78, 5) is 1.31. The summed E-state index contributed by atoms with van der Waals surface area (Å²) >= 11 is 1.82. The van der Waals surface area contributed by atoms with Gasteiger partial charge in [-0.15, -0.1) is 11.8 Å². The average molecular weight is 297 g/mol. The SMILES string of the molecule is Cc1ccc(SCCOc2ccc(CC#N)cc2)c(C)c1. The Labute approximate surface area is 130 Å². The number of benzene rings is 2. The molecule has 0 spiro atoms. The molecule has 2 rings (SSSR count). The van der Waals surface area contributed by atoms with Gasteiger partial charge in [0.2, 0.25) is 0 Å². The molecular weight excluding hydrogens is 278 g/mol. The smallest absolute Gasteiger partial charge is 0.119 e. The summed E-state index contributed by atoms with van der Waals surface area (Å²) in [7, 11) is 0. The molecule has 2 aromatic carbocycles. The molecule has 0 aliphatic carbocycles. The Bertz CT molecular complexity index is 629. The Balaban J connectivity index is 1.78. The third-order valence-corrected chi connectivity index (χ3v) is 4.29. The van der Waals surface area contributed by atoms with Crippen LogP contribution in [0.25, 0.3) is 0 Å². The fourth-order valence-electron chi connectivity index (χ4n) is 2.07. The second kappa shape index (κ2) is 7.75. The molecule has 0 amide bonds. The zero-order valence-electron chi connectivity index (χ0n) is 12.4. The van der Waals surface area contributed by atoms with E-state index in [-0.39, 0.29) is 0 Å². The third-order valence-electron chi connectivity index (χ3n) is 3.15. The van der Waals surface area contributed by atoms with Crippen molar-refractivity contribution in [1.82, 2.24) is 0 Å². The number of nitriles is 1. The largest absolute Gasteiger partial charge is 0.493 e. The number of ether oxygens (including phenoxy) is 1. The number of aryl methyl sites for hydroxylation is 2. The Morgan fingerprint density at radius 1 is 1.10 bits per heavy atom. The highest BCUT2D eigenvalue weighted by Crippen LogP contribution is 2.23. The average Bonchev–Trinajstić information content (AvgIpc) is 2.47. The lowest BCUT2D eigenvalue weighted by Crippen LogP contribution is -2.00. The number of rotatable bonds is 6. The van der Waals surface area contributed by atoms with Crippen molar-refractivity contribution in [2.45, 2.75) is 25.2 Å². The van der Waals surface area contributed by atoms with Gasteiger partial charge in [-0.25, -0.2) is 0 Å². The van der Waals surface area contributed by atoms with Crippen molar-refractivity contribution in [1.29, 1.82) is 5.26 Å². The highest BCUT2D eigenvalue weighted by atomic mass is 32.2. The van der Waals surface area contributed by atoms with Crippen LogP contribution in [0, 0.1) is 25.2 Å². The maximum Gasteiger partial charge on any atom is 0.119 e.